The van der Waals surface area contributed by atoms with Gasteiger partial charge in [0.1, 0.15) is 0 Å². The zero-order valence-electron chi connectivity index (χ0n) is 36.2. The van der Waals surface area contributed by atoms with E-state index in [0.717, 1.165) is 33.4 Å². The van der Waals surface area contributed by atoms with E-state index >= 15 is 0 Å². The third-order valence-electron chi connectivity index (χ3n) is 12.6. The fourth-order valence-corrected chi connectivity index (χ4v) is 10.4. The number of aromatic nitrogens is 3. The van der Waals surface area contributed by atoms with E-state index in [9.17, 15) is 0 Å². The summed E-state index contributed by atoms with van der Waals surface area (Å²) in [4.78, 5) is 5.02. The summed E-state index contributed by atoms with van der Waals surface area (Å²) in [6.45, 7) is 0. The standard InChI is InChI=1S/C55H35N3/c1-4-16-34(17-5-1)44-32-37(33-45(56-44)35-18-6-2-7-19-35)58-47-27-15-13-25-41(47)52-49(58)31-29-43-50-38-22-10-11-23-39(38)53(55(43)52)54-42(50)28-30-48-51(54)40-24-12-14-26-46(40)57(48)36-20-8-3-9-21-36/h1-33,50,53H/i1D,4D,5D,16D,17D. The van der Waals surface area contributed by atoms with Crippen molar-refractivity contribution in [2.45, 2.75) is 11.8 Å². The number of fused-ring (bicyclic) bond motifs is 6. The molecule has 8 aromatic carbocycles. The summed E-state index contributed by atoms with van der Waals surface area (Å²) in [5.74, 6) is -0.0240. The number of nitrogens with zero attached hydrogens (tertiary/aromatic N) is 3. The highest BCUT2D eigenvalue weighted by atomic mass is 15.0. The minimum atomic E-state index is -0.431. The molecule has 0 aliphatic heterocycles. The molecule has 270 valence electrons. The molecule has 0 radical (unpaired) electrons. The zero-order valence-corrected chi connectivity index (χ0v) is 31.2. The van der Waals surface area contributed by atoms with E-state index in [-0.39, 0.29) is 41.6 Å². The Bertz CT molecular complexity index is 3730. The third kappa shape index (κ3) is 4.30. The van der Waals surface area contributed by atoms with E-state index in [1.54, 1.807) is 0 Å². The van der Waals surface area contributed by atoms with Crippen LogP contribution in [0.15, 0.2) is 200 Å². The van der Waals surface area contributed by atoms with Crippen molar-refractivity contribution in [3.05, 3.63) is 233 Å². The van der Waals surface area contributed by atoms with Crippen LogP contribution in [0.5, 0.6) is 0 Å². The molecule has 0 spiro atoms. The molecule has 3 heterocycles. The van der Waals surface area contributed by atoms with E-state index in [2.05, 4.69) is 143 Å². The summed E-state index contributed by atoms with van der Waals surface area (Å²) in [5.41, 5.74) is 16.2. The number of para-hydroxylation sites is 3. The molecule has 58 heavy (non-hydrogen) atoms. The van der Waals surface area contributed by atoms with Gasteiger partial charge in [-0.25, -0.2) is 4.98 Å². The predicted octanol–water partition coefficient (Wildman–Crippen LogP) is 13.6. The molecule has 0 N–H and O–H groups in total. The van der Waals surface area contributed by atoms with Crippen LogP contribution in [0, 0.1) is 0 Å². The first-order chi connectivity index (χ1) is 30.9. The van der Waals surface area contributed by atoms with Crippen molar-refractivity contribution in [3.8, 4) is 33.9 Å². The van der Waals surface area contributed by atoms with Crippen LogP contribution in [0.3, 0.4) is 0 Å². The Balaban J connectivity index is 1.13. The number of hydrogen-bond acceptors (Lipinski definition) is 1. The van der Waals surface area contributed by atoms with Crippen LogP contribution < -0.4 is 0 Å². The molecule has 3 aromatic heterocycles. The Kier molecular flexibility index (Phi) is 5.62. The lowest BCUT2D eigenvalue weighted by Crippen LogP contribution is -2.28. The van der Waals surface area contributed by atoms with Gasteiger partial charge in [0.05, 0.1) is 46.0 Å². The van der Waals surface area contributed by atoms with Gasteiger partial charge in [-0.2, -0.15) is 0 Å². The van der Waals surface area contributed by atoms with Crippen molar-refractivity contribution in [1.82, 2.24) is 14.1 Å². The van der Waals surface area contributed by atoms with Crippen molar-refractivity contribution < 1.29 is 6.85 Å². The molecule has 2 atom stereocenters. The third-order valence-corrected chi connectivity index (χ3v) is 12.6. The maximum atomic E-state index is 8.96. The topological polar surface area (TPSA) is 22.8 Å². The van der Waals surface area contributed by atoms with Gasteiger partial charge in [-0.15, -0.1) is 0 Å². The molecule has 2 unspecified atom stereocenters. The Labute approximate surface area is 342 Å². The van der Waals surface area contributed by atoms with Crippen LogP contribution in [-0.2, 0) is 0 Å². The Hall–Kier alpha value is -7.49. The van der Waals surface area contributed by atoms with Crippen molar-refractivity contribution in [2.75, 3.05) is 0 Å². The molecule has 11 aromatic rings. The minimum absolute atomic E-state index is 0.0345. The molecule has 3 nitrogen and oxygen atoms in total. The molecule has 3 aliphatic carbocycles. The largest absolute Gasteiger partial charge is 0.309 e. The summed E-state index contributed by atoms with van der Waals surface area (Å²) in [6, 6.07) is 58.3. The van der Waals surface area contributed by atoms with Gasteiger partial charge in [-0.1, -0.05) is 152 Å². The maximum absolute atomic E-state index is 8.96. The molecule has 0 amide bonds. The molecular weight excluding hydrogens is 703 g/mol. The average Bonchev–Trinajstić information content (AvgIpc) is 3.86. The van der Waals surface area contributed by atoms with E-state index in [0.29, 0.717) is 11.4 Å². The molecule has 2 bridgehead atoms. The van der Waals surface area contributed by atoms with Gasteiger partial charge in [-0.05, 0) is 81.9 Å². The van der Waals surface area contributed by atoms with Crippen LogP contribution in [0.4, 0.5) is 0 Å². The van der Waals surface area contributed by atoms with Crippen molar-refractivity contribution >= 4 is 43.6 Å². The second kappa shape index (κ2) is 12.0. The van der Waals surface area contributed by atoms with E-state index < -0.39 is 6.04 Å². The van der Waals surface area contributed by atoms with Gasteiger partial charge in [0, 0.05) is 50.2 Å². The van der Waals surface area contributed by atoms with Gasteiger partial charge >= 0.3 is 0 Å². The number of rotatable bonds is 4. The number of hydrogen-bond donors (Lipinski definition) is 0. The highest BCUT2D eigenvalue weighted by Crippen LogP contribution is 2.60. The Morgan fingerprint density at radius 2 is 0.897 bits per heavy atom. The SMILES string of the molecule is [2H]c1c([2H])c([2H])c(-c2cc(-n3c4ccccc4c4c5c(ccc43)C3c4ccccc4C5c4c3ccc3c4c4ccccc4n3-c3ccccc3)cc(-c3ccccc3)n2)c([2H])c1[2H]. The van der Waals surface area contributed by atoms with Gasteiger partial charge in [0.15, 0.2) is 0 Å². The molecule has 0 saturated carbocycles. The second-order valence-electron chi connectivity index (χ2n) is 15.4. The first kappa shape index (κ1) is 27.2. The van der Waals surface area contributed by atoms with Crippen LogP contribution in [0.25, 0.3) is 77.5 Å². The molecule has 14 rings (SSSR count). The van der Waals surface area contributed by atoms with Crippen LogP contribution in [0.1, 0.15) is 52.1 Å². The first-order valence-corrected chi connectivity index (χ1v) is 19.8. The van der Waals surface area contributed by atoms with Crippen molar-refractivity contribution in [2.24, 2.45) is 0 Å². The van der Waals surface area contributed by atoms with Crippen LogP contribution in [-0.4, -0.2) is 14.1 Å². The van der Waals surface area contributed by atoms with Gasteiger partial charge < -0.3 is 9.13 Å². The summed E-state index contributed by atoms with van der Waals surface area (Å²) < 4.78 is 48.0. The van der Waals surface area contributed by atoms with E-state index in [1.165, 1.54) is 60.6 Å². The van der Waals surface area contributed by atoms with Gasteiger partial charge in [0.25, 0.3) is 0 Å². The highest BCUT2D eigenvalue weighted by molar-refractivity contribution is 6.15. The molecule has 0 saturated heterocycles. The van der Waals surface area contributed by atoms with Crippen molar-refractivity contribution in [1.29, 1.82) is 0 Å². The summed E-state index contributed by atoms with van der Waals surface area (Å²) in [5, 5.41) is 4.83. The minimum Gasteiger partial charge on any atom is -0.309 e. The second-order valence-corrected chi connectivity index (χ2v) is 15.4. The number of pyridine rings is 1. The zero-order chi connectivity index (χ0) is 42.2. The van der Waals surface area contributed by atoms with E-state index in [4.69, 9.17) is 11.8 Å². The fourth-order valence-electron chi connectivity index (χ4n) is 10.4. The van der Waals surface area contributed by atoms with E-state index in [1.807, 2.05) is 36.4 Å². The van der Waals surface area contributed by atoms with Gasteiger partial charge in [-0.3, -0.25) is 0 Å². The van der Waals surface area contributed by atoms with Crippen LogP contribution >= 0.6 is 0 Å². The molecule has 3 aliphatic rings. The maximum Gasteiger partial charge on any atom is 0.0730 e. The smallest absolute Gasteiger partial charge is 0.0730 e. The fraction of sp³-hybridized carbons (Fsp3) is 0.0364. The lowest BCUT2D eigenvalue weighted by atomic mass is 9.59. The van der Waals surface area contributed by atoms with Crippen molar-refractivity contribution in [3.63, 3.8) is 0 Å². The lowest BCUT2D eigenvalue weighted by molar-refractivity contribution is 0.768. The molecular formula is C55H35N3. The molecule has 0 fully saturated rings. The first-order valence-electron chi connectivity index (χ1n) is 22.3. The lowest BCUT2D eigenvalue weighted by Gasteiger charge is -2.43. The average molecular weight is 743 g/mol. The van der Waals surface area contributed by atoms with Gasteiger partial charge in [0.2, 0.25) is 0 Å². The van der Waals surface area contributed by atoms with Crippen LogP contribution in [0.2, 0.25) is 0 Å². The summed E-state index contributed by atoms with van der Waals surface area (Å²) in [7, 11) is 0. The Morgan fingerprint density at radius 1 is 0.397 bits per heavy atom. The predicted molar refractivity (Wildman–Crippen MR) is 239 cm³/mol. The molecule has 3 heteroatoms. The Morgan fingerprint density at radius 3 is 1.52 bits per heavy atom. The normalized spacial score (nSPS) is 16.4. The summed E-state index contributed by atoms with van der Waals surface area (Å²) in [6.07, 6.45) is 0. The quantitative estimate of drug-likeness (QED) is 0.176. The monoisotopic (exact) mass is 742 g/mol. The summed E-state index contributed by atoms with van der Waals surface area (Å²) >= 11 is 0. The number of benzene rings is 8. The highest BCUT2D eigenvalue weighted by Gasteiger charge is 2.44.